The molecule has 8 heteroatoms. The van der Waals surface area contributed by atoms with Crippen molar-refractivity contribution in [1.82, 2.24) is 3.80 Å². The van der Waals surface area contributed by atoms with Gasteiger partial charge in [0.25, 0.3) is 0 Å². The molecule has 6 nitrogen and oxygen atoms in total. The third-order valence-electron chi connectivity index (χ3n) is 8.28. The molecule has 43 heavy (non-hydrogen) atoms. The molecule has 2 aliphatic rings. The van der Waals surface area contributed by atoms with Crippen LogP contribution >= 0.6 is 0 Å². The molecule has 230 valence electrons. The van der Waals surface area contributed by atoms with E-state index in [4.69, 9.17) is 0 Å². The molecule has 3 N–H and O–H groups in total. The van der Waals surface area contributed by atoms with Crippen molar-refractivity contribution in [1.29, 1.82) is 0 Å². The van der Waals surface area contributed by atoms with E-state index in [-0.39, 0.29) is 12.2 Å². The van der Waals surface area contributed by atoms with Crippen molar-refractivity contribution in [2.45, 2.75) is 96.2 Å². The molecule has 0 bridgehead atoms. The fourth-order valence-electron chi connectivity index (χ4n) is 5.65. The van der Waals surface area contributed by atoms with E-state index in [9.17, 15) is 24.6 Å². The molecular weight excluding hydrogens is 590 g/mol. The van der Waals surface area contributed by atoms with E-state index < -0.39 is 45.8 Å². The van der Waals surface area contributed by atoms with Gasteiger partial charge in [-0.3, -0.25) is 0 Å². The number of hydrogen-bond donors (Lipinski definition) is 3. The fraction of sp³-hybridized carbons (Fsp3) is 0.457. The van der Waals surface area contributed by atoms with Crippen LogP contribution in [-0.2, 0) is 33.8 Å². The molecule has 2 aromatic rings. The topological polar surface area (TPSA) is 104 Å². The van der Waals surface area contributed by atoms with Gasteiger partial charge in [0, 0.05) is 0 Å². The second-order valence-electron chi connectivity index (χ2n) is 11.6. The predicted octanol–water partition coefficient (Wildman–Crippen LogP) is 4.31. The van der Waals surface area contributed by atoms with E-state index >= 15 is 0 Å². The van der Waals surface area contributed by atoms with E-state index in [1.54, 1.807) is 0 Å². The minimum absolute atomic E-state index is 0.185. The second kappa shape index (κ2) is 19.8. The summed E-state index contributed by atoms with van der Waals surface area (Å²) in [6.07, 6.45) is 16.5. The molecule has 0 saturated heterocycles. The van der Waals surface area contributed by atoms with Crippen molar-refractivity contribution in [3.63, 3.8) is 0 Å². The largest absolute Gasteiger partial charge is 0.383 e. The van der Waals surface area contributed by atoms with Gasteiger partial charge in [-0.25, -0.2) is 0 Å². The summed E-state index contributed by atoms with van der Waals surface area (Å²) in [6, 6.07) is 18.3. The van der Waals surface area contributed by atoms with E-state index in [1.807, 2.05) is 60.7 Å². The number of allylic oxidation sites excluding steroid dienone is 4. The molecule has 0 heterocycles. The number of carbonyl (C=O) groups excluding carboxylic acids is 3. The zero-order valence-electron chi connectivity index (χ0n) is 25.4. The normalized spacial score (nSPS) is 18.0. The summed E-state index contributed by atoms with van der Waals surface area (Å²) in [5, 5.41) is 20.5. The first-order valence-corrected chi connectivity index (χ1v) is 19.1. The van der Waals surface area contributed by atoms with Crippen LogP contribution in [0.2, 0.25) is 0 Å². The Morgan fingerprint density at radius 3 is 1.77 bits per heavy atom. The second-order valence-corrected chi connectivity index (χ2v) is 16.1. The van der Waals surface area contributed by atoms with Crippen LogP contribution < -0.4 is 14.2 Å². The van der Waals surface area contributed by atoms with Crippen LogP contribution in [0.15, 0.2) is 82.3 Å². The van der Waals surface area contributed by atoms with Crippen molar-refractivity contribution < 1.29 is 44.0 Å². The van der Waals surface area contributed by atoms with Gasteiger partial charge in [-0.15, -0.1) is 0 Å². The van der Waals surface area contributed by atoms with Crippen LogP contribution in [-0.4, -0.2) is 48.8 Å². The quantitative estimate of drug-likeness (QED) is 0.281. The van der Waals surface area contributed by atoms with Gasteiger partial charge in [-0.1, -0.05) is 60.7 Å². The van der Waals surface area contributed by atoms with Crippen molar-refractivity contribution in [2.75, 3.05) is 0 Å². The number of aliphatic hydroxyl groups excluding tert-OH is 2. The molecule has 2 aromatic carbocycles. The van der Waals surface area contributed by atoms with Gasteiger partial charge < -0.3 is 19.8 Å². The maximum absolute atomic E-state index is 12.6. The number of rotatable bonds is 9. The SMILES string of the molecule is CC1=[C]([Ti][NH]C(=O)C2CCCCCCCCCCC2)CC=C1.O=CC(O)C(O)C(=O)[SiH](c1ccccc1)c1ccccc1. The molecule has 2 unspecified atom stereocenters. The Balaban J connectivity index is 0.000000236. The molecule has 0 radical (unpaired) electrons. The van der Waals surface area contributed by atoms with Gasteiger partial charge in [0.1, 0.15) is 17.6 Å². The summed E-state index contributed by atoms with van der Waals surface area (Å²) in [7, 11) is -2.38. The van der Waals surface area contributed by atoms with Crippen LogP contribution in [0, 0.1) is 5.92 Å². The summed E-state index contributed by atoms with van der Waals surface area (Å²) in [4.78, 5) is 35.7. The Hall–Kier alpha value is -2.42. The van der Waals surface area contributed by atoms with Gasteiger partial charge >= 0.3 is 145 Å². The first-order chi connectivity index (χ1) is 20.9. The average Bonchev–Trinajstić information content (AvgIpc) is 3.45. The molecule has 4 rings (SSSR count). The standard InChI is InChI=1S/C16H16O4Si.C13H25NO.C6H7.Ti/c17-11-14(18)15(19)16(20)21(12-7-3-1-4-8-12)13-9-5-2-6-10-13;14-13(15)12-10-8-6-4-2-1-3-5-7-9-11-12;1-6-4-2-3-5-6;/h1-11,14-15,18-19,21H;12H,1-11H2,(H2,14,15);2,4H,3H2,1H3;/q;;;+1/p-1. The van der Waals surface area contributed by atoms with Crippen molar-refractivity contribution in [3.8, 4) is 0 Å². The van der Waals surface area contributed by atoms with Gasteiger partial charge in [0.15, 0.2) is 15.1 Å². The first kappa shape index (κ1) is 35.1. The number of aldehydes is 1. The molecule has 1 saturated carbocycles. The molecule has 1 fully saturated rings. The van der Waals surface area contributed by atoms with Gasteiger partial charge in [0.2, 0.25) is 0 Å². The Bertz CT molecular complexity index is 1150. The van der Waals surface area contributed by atoms with E-state index in [0.717, 1.165) is 29.6 Å². The average molecular weight is 638 g/mol. The van der Waals surface area contributed by atoms with Crippen molar-refractivity contribution in [2.24, 2.45) is 5.92 Å². The van der Waals surface area contributed by atoms with Crippen LogP contribution in [0.4, 0.5) is 0 Å². The predicted molar refractivity (Wildman–Crippen MR) is 171 cm³/mol. The van der Waals surface area contributed by atoms with Gasteiger partial charge in [-0.2, -0.15) is 0 Å². The van der Waals surface area contributed by atoms with Crippen LogP contribution in [0.25, 0.3) is 0 Å². The molecular formula is C35H47NO5SiTi. The van der Waals surface area contributed by atoms with E-state index in [0.29, 0.717) is 5.91 Å². The van der Waals surface area contributed by atoms with Crippen molar-refractivity contribution in [3.05, 3.63) is 82.3 Å². The smallest absolute Gasteiger partial charge is 0.181 e. The Kier molecular flexibility index (Phi) is 16.1. The summed E-state index contributed by atoms with van der Waals surface area (Å²) < 4.78 is 4.83. The van der Waals surface area contributed by atoms with Crippen molar-refractivity contribution >= 4 is 36.8 Å². The molecule has 2 atom stereocenters. The molecule has 0 aliphatic heterocycles. The summed E-state index contributed by atoms with van der Waals surface area (Å²) in [5.74, 6) is 0.628. The summed E-state index contributed by atoms with van der Waals surface area (Å²) in [5.41, 5.74) is 1.39. The zero-order valence-corrected chi connectivity index (χ0v) is 28.1. The third-order valence-corrected chi connectivity index (χ3v) is 13.3. The maximum Gasteiger partial charge on any atom is 0.181 e. The Morgan fingerprint density at radius 1 is 0.837 bits per heavy atom. The third kappa shape index (κ3) is 11.9. The number of aliphatic hydroxyl groups is 2. The minimum Gasteiger partial charge on any atom is -0.383 e. The molecule has 2 aliphatic carbocycles. The Labute approximate surface area is 267 Å². The number of nitrogens with one attached hydrogen (secondary N) is 1. The summed E-state index contributed by atoms with van der Waals surface area (Å²) in [6.45, 7) is 2.17. The van der Waals surface area contributed by atoms with Crippen LogP contribution in [0.3, 0.4) is 0 Å². The first-order valence-electron chi connectivity index (χ1n) is 15.8. The zero-order chi connectivity index (χ0) is 30.9. The van der Waals surface area contributed by atoms with Crippen LogP contribution in [0.5, 0.6) is 0 Å². The molecule has 0 spiro atoms. The minimum atomic E-state index is -2.38. The van der Waals surface area contributed by atoms with Crippen LogP contribution in [0.1, 0.15) is 84.0 Å². The molecule has 0 aromatic heterocycles. The monoisotopic (exact) mass is 637 g/mol. The number of hydrogen-bond acceptors (Lipinski definition) is 5. The van der Waals surface area contributed by atoms with Gasteiger partial charge in [-0.05, 0) is 10.4 Å². The molecule has 1 amide bonds. The van der Waals surface area contributed by atoms with E-state index in [2.05, 4.69) is 22.9 Å². The fourth-order valence-corrected chi connectivity index (χ4v) is 9.98. The summed E-state index contributed by atoms with van der Waals surface area (Å²) >= 11 is -0.450. The van der Waals surface area contributed by atoms with Gasteiger partial charge in [0.05, 0.1) is 0 Å². The maximum atomic E-state index is 12.6. The number of amides is 1. The number of benzene rings is 2. The Morgan fingerprint density at radius 2 is 1.33 bits per heavy atom. The number of carbonyl (C=O) groups is 3. The van der Waals surface area contributed by atoms with E-state index in [1.165, 1.54) is 67.2 Å².